The Kier molecular flexibility index (Phi) is 8.42. The van der Waals surface area contributed by atoms with Gasteiger partial charge in [0.2, 0.25) is 5.95 Å². The van der Waals surface area contributed by atoms with E-state index in [0.29, 0.717) is 17.6 Å². The molecule has 8 nitrogen and oxygen atoms in total. The number of anilines is 5. The lowest BCUT2D eigenvalue weighted by Gasteiger charge is -2.38. The minimum absolute atomic E-state index is 0.514. The molecule has 2 saturated heterocycles. The molecule has 9 heteroatoms. The van der Waals surface area contributed by atoms with Gasteiger partial charge in [-0.25, -0.2) is 0 Å². The Morgan fingerprint density at radius 3 is 1.46 bits per heavy atom. The van der Waals surface area contributed by atoms with Gasteiger partial charge in [-0.2, -0.15) is 9.97 Å². The van der Waals surface area contributed by atoms with Gasteiger partial charge in [0.05, 0.1) is 0 Å². The number of benzene rings is 3. The molecular weight excluding hydrogens is 528 g/mol. The molecule has 0 bridgehead atoms. The number of thiocarbonyl (C=S) groups is 1. The summed E-state index contributed by atoms with van der Waals surface area (Å²) in [6.07, 6.45) is 0. The van der Waals surface area contributed by atoms with E-state index in [4.69, 9.17) is 22.2 Å². The molecule has 2 N–H and O–H groups in total. The Morgan fingerprint density at radius 1 is 0.585 bits per heavy atom. The van der Waals surface area contributed by atoms with Crippen molar-refractivity contribution in [3.05, 3.63) is 103 Å². The normalized spacial score (nSPS) is 15.5. The molecule has 0 saturated carbocycles. The first-order valence-corrected chi connectivity index (χ1v) is 14.7. The molecule has 41 heavy (non-hydrogen) atoms. The molecular formula is C32H36N8S. The van der Waals surface area contributed by atoms with Crippen molar-refractivity contribution in [2.45, 2.75) is 6.54 Å². The van der Waals surface area contributed by atoms with Crippen LogP contribution in [0.1, 0.15) is 5.56 Å². The maximum atomic E-state index is 5.63. The third kappa shape index (κ3) is 6.86. The highest BCUT2D eigenvalue weighted by Gasteiger charge is 2.23. The van der Waals surface area contributed by atoms with E-state index in [0.717, 1.165) is 64.0 Å². The van der Waals surface area contributed by atoms with E-state index in [9.17, 15) is 0 Å². The Labute approximate surface area is 247 Å². The molecule has 210 valence electrons. The van der Waals surface area contributed by atoms with Gasteiger partial charge >= 0.3 is 0 Å². The van der Waals surface area contributed by atoms with Crippen molar-refractivity contribution in [3.63, 3.8) is 0 Å². The van der Waals surface area contributed by atoms with Crippen molar-refractivity contribution in [1.29, 1.82) is 0 Å². The van der Waals surface area contributed by atoms with Crippen molar-refractivity contribution in [2.24, 2.45) is 0 Å². The van der Waals surface area contributed by atoms with E-state index in [1.807, 2.05) is 18.2 Å². The topological polar surface area (TPSA) is 62.8 Å². The zero-order chi connectivity index (χ0) is 27.9. The van der Waals surface area contributed by atoms with Crippen LogP contribution in [-0.2, 0) is 6.54 Å². The lowest BCUT2D eigenvalue weighted by atomic mass is 10.2. The minimum atomic E-state index is 0.514. The van der Waals surface area contributed by atoms with Gasteiger partial charge in [-0.05, 0) is 42.0 Å². The summed E-state index contributed by atoms with van der Waals surface area (Å²) < 4.78 is 0. The molecule has 0 unspecified atom stereocenters. The average Bonchev–Trinajstić information content (AvgIpc) is 3.05. The molecule has 0 aliphatic carbocycles. The van der Waals surface area contributed by atoms with Gasteiger partial charge in [0.1, 0.15) is 11.6 Å². The van der Waals surface area contributed by atoms with Crippen molar-refractivity contribution in [2.75, 3.05) is 77.3 Å². The van der Waals surface area contributed by atoms with Crippen LogP contribution in [-0.4, -0.2) is 67.4 Å². The molecule has 0 amide bonds. The average molecular weight is 565 g/mol. The van der Waals surface area contributed by atoms with Crippen LogP contribution in [0.2, 0.25) is 0 Å². The van der Waals surface area contributed by atoms with Crippen molar-refractivity contribution < 1.29 is 0 Å². The fraction of sp³-hybridized carbons (Fsp3) is 0.281. The molecule has 0 radical (unpaired) electrons. The van der Waals surface area contributed by atoms with E-state index in [-0.39, 0.29) is 0 Å². The first kappa shape index (κ1) is 26.8. The number of hydrogen-bond acceptors (Lipinski definition) is 7. The Balaban J connectivity index is 1.17. The SMILES string of the molecule is S=C(NCc1ccccc1)Nc1nc(N2CCN(c3ccccc3)CC2)cc(N2CCN(c3ccccc3)CC2)n1. The minimum Gasteiger partial charge on any atom is -0.368 e. The van der Waals surface area contributed by atoms with Crippen LogP contribution in [0.5, 0.6) is 0 Å². The maximum absolute atomic E-state index is 5.63. The zero-order valence-electron chi connectivity index (χ0n) is 23.2. The number of nitrogens with zero attached hydrogens (tertiary/aromatic N) is 6. The number of para-hydroxylation sites is 2. The van der Waals surface area contributed by atoms with Gasteiger partial charge in [0.15, 0.2) is 5.11 Å². The summed E-state index contributed by atoms with van der Waals surface area (Å²) in [6, 6.07) is 33.6. The summed E-state index contributed by atoms with van der Waals surface area (Å²) in [4.78, 5) is 19.4. The van der Waals surface area contributed by atoms with Gasteiger partial charge < -0.3 is 30.2 Å². The number of piperazine rings is 2. The third-order valence-corrected chi connectivity index (χ3v) is 7.92. The third-order valence-electron chi connectivity index (χ3n) is 7.67. The van der Waals surface area contributed by atoms with Gasteiger partial charge in [-0.3, -0.25) is 0 Å². The van der Waals surface area contributed by atoms with Crippen LogP contribution in [0.4, 0.5) is 29.0 Å². The van der Waals surface area contributed by atoms with Gasteiger partial charge in [-0.15, -0.1) is 0 Å². The van der Waals surface area contributed by atoms with Crippen LogP contribution in [0, 0.1) is 0 Å². The summed E-state index contributed by atoms with van der Waals surface area (Å²) in [6.45, 7) is 7.98. The quantitative estimate of drug-likeness (QED) is 0.313. The largest absolute Gasteiger partial charge is 0.368 e. The monoisotopic (exact) mass is 564 g/mol. The van der Waals surface area contributed by atoms with Gasteiger partial charge in [0, 0.05) is 76.3 Å². The fourth-order valence-electron chi connectivity index (χ4n) is 5.39. The highest BCUT2D eigenvalue weighted by Crippen LogP contribution is 2.26. The molecule has 3 heterocycles. The lowest BCUT2D eigenvalue weighted by molar-refractivity contribution is 0.639. The second-order valence-corrected chi connectivity index (χ2v) is 10.7. The highest BCUT2D eigenvalue weighted by molar-refractivity contribution is 7.80. The van der Waals surface area contributed by atoms with Crippen LogP contribution in [0.3, 0.4) is 0 Å². The molecule has 1 aromatic heterocycles. The molecule has 0 spiro atoms. The number of aromatic nitrogens is 2. The molecule has 2 aliphatic rings. The van der Waals surface area contributed by atoms with E-state index in [1.54, 1.807) is 0 Å². The van der Waals surface area contributed by atoms with E-state index >= 15 is 0 Å². The predicted octanol–water partition coefficient (Wildman–Crippen LogP) is 4.62. The van der Waals surface area contributed by atoms with Crippen LogP contribution in [0.25, 0.3) is 0 Å². The molecule has 3 aromatic carbocycles. The van der Waals surface area contributed by atoms with E-state index in [1.165, 1.54) is 16.9 Å². The first-order chi connectivity index (χ1) is 20.2. The fourth-order valence-corrected chi connectivity index (χ4v) is 5.55. The summed E-state index contributed by atoms with van der Waals surface area (Å²) in [5, 5.41) is 7.07. The first-order valence-electron chi connectivity index (χ1n) is 14.3. The van der Waals surface area contributed by atoms with E-state index in [2.05, 4.69) is 109 Å². The molecule has 0 atom stereocenters. The van der Waals surface area contributed by atoms with Crippen LogP contribution >= 0.6 is 12.2 Å². The predicted molar refractivity (Wildman–Crippen MR) is 173 cm³/mol. The maximum Gasteiger partial charge on any atom is 0.232 e. The standard InChI is InChI=1S/C32H36N8S/c41-32(33-25-26-10-4-1-5-11-26)36-31-34-29(39-20-16-37(17-21-39)27-12-6-2-7-13-27)24-30(35-31)40-22-18-38(19-23-40)28-14-8-3-9-15-28/h1-15,24H,16-23,25H2,(H2,33,34,35,36,41). The molecule has 2 fully saturated rings. The molecule has 6 rings (SSSR count). The number of hydrogen-bond donors (Lipinski definition) is 2. The summed E-state index contributed by atoms with van der Waals surface area (Å²) in [7, 11) is 0. The van der Waals surface area contributed by atoms with Crippen LogP contribution in [0.15, 0.2) is 97.1 Å². The Bertz CT molecular complexity index is 1330. The van der Waals surface area contributed by atoms with Crippen molar-refractivity contribution in [3.8, 4) is 0 Å². The van der Waals surface area contributed by atoms with Gasteiger partial charge in [-0.1, -0.05) is 66.7 Å². The molecule has 2 aliphatic heterocycles. The van der Waals surface area contributed by atoms with Crippen molar-refractivity contribution in [1.82, 2.24) is 15.3 Å². The highest BCUT2D eigenvalue weighted by atomic mass is 32.1. The van der Waals surface area contributed by atoms with E-state index < -0.39 is 0 Å². The summed E-state index contributed by atoms with van der Waals surface area (Å²) >= 11 is 5.63. The zero-order valence-corrected chi connectivity index (χ0v) is 24.0. The van der Waals surface area contributed by atoms with Gasteiger partial charge in [0.25, 0.3) is 0 Å². The second-order valence-electron chi connectivity index (χ2n) is 10.3. The Morgan fingerprint density at radius 2 is 1.00 bits per heavy atom. The molecule has 4 aromatic rings. The smallest absolute Gasteiger partial charge is 0.232 e. The number of rotatable bonds is 7. The lowest BCUT2D eigenvalue weighted by Crippen LogP contribution is -2.48. The summed E-state index contributed by atoms with van der Waals surface area (Å²) in [5.74, 6) is 2.39. The van der Waals surface area contributed by atoms with Crippen molar-refractivity contribution >= 4 is 46.3 Å². The number of nitrogens with one attached hydrogen (secondary N) is 2. The summed E-state index contributed by atoms with van der Waals surface area (Å²) in [5.41, 5.74) is 3.70. The Hall–Kier alpha value is -4.37. The van der Waals surface area contributed by atoms with Crippen LogP contribution < -0.4 is 30.2 Å². The second kappa shape index (κ2) is 12.9.